The largest absolute Gasteiger partial charge is 0.488 e. The normalized spacial score (nSPS) is 12.2. The summed E-state index contributed by atoms with van der Waals surface area (Å²) >= 11 is 0. The number of nitrogens with one attached hydrogen (secondary N) is 1. The van der Waals surface area contributed by atoms with E-state index in [9.17, 15) is 4.79 Å². The number of para-hydroxylation sites is 1. The number of pyridine rings is 1. The Bertz CT molecular complexity index is 861. The first-order chi connectivity index (χ1) is 12.6. The Morgan fingerprint density at radius 3 is 2.92 bits per heavy atom. The van der Waals surface area contributed by atoms with Crippen LogP contribution in [0, 0.1) is 0 Å². The van der Waals surface area contributed by atoms with Crippen molar-refractivity contribution in [3.8, 4) is 5.75 Å². The van der Waals surface area contributed by atoms with E-state index in [0.717, 1.165) is 24.4 Å². The minimum Gasteiger partial charge on any atom is -0.488 e. The summed E-state index contributed by atoms with van der Waals surface area (Å²) in [7, 11) is 0. The molecule has 0 aliphatic carbocycles. The topological polar surface area (TPSA) is 82.2 Å². The van der Waals surface area contributed by atoms with Crippen LogP contribution in [0.15, 0.2) is 55.0 Å². The highest BCUT2D eigenvalue weighted by Gasteiger charge is 2.10. The van der Waals surface area contributed by atoms with Crippen LogP contribution in [-0.4, -0.2) is 28.1 Å². The van der Waals surface area contributed by atoms with Crippen molar-refractivity contribution in [3.05, 3.63) is 60.6 Å². The van der Waals surface area contributed by atoms with Gasteiger partial charge in [-0.1, -0.05) is 18.2 Å². The van der Waals surface area contributed by atoms with Crippen LogP contribution in [0.1, 0.15) is 18.9 Å². The number of benzene rings is 1. The average Bonchev–Trinajstić information content (AvgIpc) is 2.99. The second-order valence-corrected chi connectivity index (χ2v) is 6.33. The van der Waals surface area contributed by atoms with Crippen molar-refractivity contribution in [1.29, 1.82) is 0 Å². The maximum absolute atomic E-state index is 11.1. The van der Waals surface area contributed by atoms with Crippen molar-refractivity contribution in [2.24, 2.45) is 5.73 Å². The zero-order chi connectivity index (χ0) is 18.4. The zero-order valence-electron chi connectivity index (χ0n) is 14.9. The standard InChI is InChI=1S/C20H24N4O2/c1-15(26-17-5-4-9-22-13-17)11-23-12-16-14-24(10-8-20(21)25)19-7-3-2-6-18(16)19/h2-7,9,13-15,23H,8,10-12H2,1H3,(H2,21,25)/t15-/m1/s1. The van der Waals surface area contributed by atoms with E-state index in [-0.39, 0.29) is 12.0 Å². The molecule has 0 radical (unpaired) electrons. The minimum atomic E-state index is -0.288. The number of hydrogen-bond acceptors (Lipinski definition) is 4. The fourth-order valence-corrected chi connectivity index (χ4v) is 2.98. The lowest BCUT2D eigenvalue weighted by molar-refractivity contribution is -0.118. The molecule has 3 rings (SSSR count). The molecule has 0 unspecified atom stereocenters. The van der Waals surface area contributed by atoms with E-state index in [4.69, 9.17) is 10.5 Å². The summed E-state index contributed by atoms with van der Waals surface area (Å²) in [6.45, 7) is 4.06. The summed E-state index contributed by atoms with van der Waals surface area (Å²) < 4.78 is 7.92. The first-order valence-electron chi connectivity index (χ1n) is 8.76. The molecule has 0 aliphatic heterocycles. The minimum absolute atomic E-state index is 0.0300. The molecule has 136 valence electrons. The molecule has 0 spiro atoms. The van der Waals surface area contributed by atoms with Gasteiger partial charge in [0.25, 0.3) is 0 Å². The lowest BCUT2D eigenvalue weighted by Gasteiger charge is -2.15. The third-order valence-electron chi connectivity index (χ3n) is 4.19. The Balaban J connectivity index is 1.60. The Kier molecular flexibility index (Phi) is 5.86. The van der Waals surface area contributed by atoms with Gasteiger partial charge in [-0.25, -0.2) is 0 Å². The number of aryl methyl sites for hydroxylation is 1. The molecule has 2 heterocycles. The van der Waals surface area contributed by atoms with Gasteiger partial charge in [-0.2, -0.15) is 0 Å². The average molecular weight is 352 g/mol. The third-order valence-corrected chi connectivity index (χ3v) is 4.19. The van der Waals surface area contributed by atoms with Crippen molar-refractivity contribution in [3.63, 3.8) is 0 Å². The van der Waals surface area contributed by atoms with Gasteiger partial charge < -0.3 is 20.4 Å². The first kappa shape index (κ1) is 17.9. The van der Waals surface area contributed by atoms with Gasteiger partial charge in [0.15, 0.2) is 0 Å². The molecule has 0 bridgehead atoms. The molecular formula is C20H24N4O2. The number of hydrogen-bond donors (Lipinski definition) is 2. The lowest BCUT2D eigenvalue weighted by Crippen LogP contribution is -2.28. The first-order valence-corrected chi connectivity index (χ1v) is 8.76. The summed E-state index contributed by atoms with van der Waals surface area (Å²) in [4.78, 5) is 15.1. The number of aromatic nitrogens is 2. The summed E-state index contributed by atoms with van der Waals surface area (Å²) in [5.41, 5.74) is 7.59. The van der Waals surface area contributed by atoms with Gasteiger partial charge in [0, 0.05) is 49.4 Å². The van der Waals surface area contributed by atoms with E-state index in [1.807, 2.05) is 31.2 Å². The number of rotatable bonds is 9. The van der Waals surface area contributed by atoms with Gasteiger partial charge in [0.2, 0.25) is 5.91 Å². The number of carbonyl (C=O) groups excluding carboxylic acids is 1. The molecule has 6 nitrogen and oxygen atoms in total. The number of carbonyl (C=O) groups is 1. The molecule has 6 heteroatoms. The van der Waals surface area contributed by atoms with E-state index < -0.39 is 0 Å². The van der Waals surface area contributed by atoms with E-state index in [0.29, 0.717) is 13.0 Å². The molecule has 2 aromatic heterocycles. The van der Waals surface area contributed by atoms with Crippen LogP contribution >= 0.6 is 0 Å². The predicted octanol–water partition coefficient (Wildman–Crippen LogP) is 2.47. The second kappa shape index (κ2) is 8.49. The second-order valence-electron chi connectivity index (χ2n) is 6.33. The van der Waals surface area contributed by atoms with Crippen molar-refractivity contribution in [1.82, 2.24) is 14.9 Å². The van der Waals surface area contributed by atoms with Crippen molar-refractivity contribution in [2.45, 2.75) is 32.5 Å². The molecule has 0 saturated heterocycles. The molecular weight excluding hydrogens is 328 g/mol. The van der Waals surface area contributed by atoms with Crippen LogP contribution in [0.25, 0.3) is 10.9 Å². The van der Waals surface area contributed by atoms with Crippen molar-refractivity contribution in [2.75, 3.05) is 6.54 Å². The van der Waals surface area contributed by atoms with Crippen LogP contribution in [0.3, 0.4) is 0 Å². The molecule has 1 atom stereocenters. The Morgan fingerprint density at radius 1 is 1.31 bits per heavy atom. The highest BCUT2D eigenvalue weighted by atomic mass is 16.5. The summed E-state index contributed by atoms with van der Waals surface area (Å²) in [6, 6.07) is 11.9. The molecule has 0 saturated carbocycles. The quantitative estimate of drug-likeness (QED) is 0.620. The van der Waals surface area contributed by atoms with Crippen molar-refractivity contribution < 1.29 is 9.53 Å². The fraction of sp³-hybridized carbons (Fsp3) is 0.300. The summed E-state index contributed by atoms with van der Waals surface area (Å²) in [6.07, 6.45) is 5.89. The SMILES string of the molecule is C[C@H](CNCc1cn(CCC(N)=O)c2ccccc12)Oc1cccnc1. The zero-order valence-corrected chi connectivity index (χ0v) is 14.9. The Morgan fingerprint density at radius 2 is 2.15 bits per heavy atom. The monoisotopic (exact) mass is 352 g/mol. The molecule has 26 heavy (non-hydrogen) atoms. The molecule has 0 aliphatic rings. The molecule has 1 amide bonds. The van der Waals surface area contributed by atoms with Gasteiger partial charge in [0.05, 0.1) is 6.20 Å². The van der Waals surface area contributed by atoms with Crippen LogP contribution < -0.4 is 15.8 Å². The van der Waals surface area contributed by atoms with E-state index >= 15 is 0 Å². The highest BCUT2D eigenvalue weighted by molar-refractivity contribution is 5.84. The van der Waals surface area contributed by atoms with Gasteiger partial charge in [-0.3, -0.25) is 9.78 Å². The number of fused-ring (bicyclic) bond motifs is 1. The number of nitrogens with zero attached hydrogens (tertiary/aromatic N) is 2. The number of nitrogens with two attached hydrogens (primary N) is 1. The maximum Gasteiger partial charge on any atom is 0.219 e. The molecule has 1 aromatic carbocycles. The van der Waals surface area contributed by atoms with E-state index in [2.05, 4.69) is 33.2 Å². The van der Waals surface area contributed by atoms with E-state index in [1.54, 1.807) is 12.4 Å². The fourth-order valence-electron chi connectivity index (χ4n) is 2.98. The van der Waals surface area contributed by atoms with E-state index in [1.165, 1.54) is 10.9 Å². The molecule has 0 fully saturated rings. The third kappa shape index (κ3) is 4.61. The lowest BCUT2D eigenvalue weighted by atomic mass is 10.2. The number of amides is 1. The van der Waals surface area contributed by atoms with Crippen LogP contribution in [-0.2, 0) is 17.9 Å². The smallest absolute Gasteiger partial charge is 0.219 e. The van der Waals surface area contributed by atoms with Crippen LogP contribution in [0.4, 0.5) is 0 Å². The summed E-state index contributed by atoms with van der Waals surface area (Å²) in [5.74, 6) is 0.480. The van der Waals surface area contributed by atoms with Gasteiger partial charge in [-0.05, 0) is 30.7 Å². The maximum atomic E-state index is 11.1. The van der Waals surface area contributed by atoms with Crippen LogP contribution in [0.5, 0.6) is 5.75 Å². The van der Waals surface area contributed by atoms with Gasteiger partial charge in [0.1, 0.15) is 11.9 Å². The predicted molar refractivity (Wildman–Crippen MR) is 102 cm³/mol. The van der Waals surface area contributed by atoms with Crippen LogP contribution in [0.2, 0.25) is 0 Å². The summed E-state index contributed by atoms with van der Waals surface area (Å²) in [5, 5.41) is 4.63. The number of primary amides is 1. The van der Waals surface area contributed by atoms with Gasteiger partial charge >= 0.3 is 0 Å². The molecule has 3 N–H and O–H groups in total. The Labute approximate surface area is 153 Å². The van der Waals surface area contributed by atoms with Gasteiger partial charge in [-0.15, -0.1) is 0 Å². The van der Waals surface area contributed by atoms with Crippen molar-refractivity contribution >= 4 is 16.8 Å². The number of ether oxygens (including phenoxy) is 1. The molecule has 3 aromatic rings. The highest BCUT2D eigenvalue weighted by Crippen LogP contribution is 2.21. The Hall–Kier alpha value is -2.86.